The van der Waals surface area contributed by atoms with Crippen LogP contribution in [0, 0.1) is 0 Å². The number of rotatable bonds is 21. The molecule has 6 N–H and O–H groups in total. The van der Waals surface area contributed by atoms with E-state index in [0.717, 1.165) is 45.8 Å². The molecule has 2 aromatic rings. The zero-order chi connectivity index (χ0) is 45.9. The number of benzene rings is 2. The predicted molar refractivity (Wildman–Crippen MR) is 234 cm³/mol. The standard InChI is InChI=1S/C39H51N3O15S5/c1-38(2)31-25-29(58-57-56-43)13-15-33(31)41(20-5-7-22-59(44,45)46)35(38)17-11-27-9-10-28(37(27)40-19-24-61(50,51)52)12-18-36-39(3,4)32-26-30(62(53,54)55)14-16-34(32)42(36)21-6-8-23-60(47,48)49/h11-18,25-26H,5-10,19-24H2,1-4H3,(H5,43,44,45,46,47,48,49,50,51,52,53,54,55)/p+1/b28-12?,36-18+. The fourth-order valence-electron chi connectivity index (χ4n) is 8.12. The second-order valence-electron chi connectivity index (χ2n) is 16.2. The van der Waals surface area contributed by atoms with Gasteiger partial charge in [-0.15, -0.1) is 4.33 Å². The van der Waals surface area contributed by atoms with Crippen LogP contribution in [0.5, 0.6) is 0 Å². The Kier molecular flexibility index (Phi) is 15.5. The molecular weight excluding hydrogens is 911 g/mol. The molecule has 0 saturated carbocycles. The van der Waals surface area contributed by atoms with Gasteiger partial charge in [0.15, 0.2) is 5.71 Å². The van der Waals surface area contributed by atoms with Gasteiger partial charge in [-0.1, -0.05) is 31.0 Å². The van der Waals surface area contributed by atoms with E-state index in [0.29, 0.717) is 60.6 Å². The lowest BCUT2D eigenvalue weighted by molar-refractivity contribution is -0.438. The number of hydrogen-bond acceptors (Lipinski definition) is 14. The first kappa shape index (κ1) is 49.6. The number of fused-ring (bicyclic) bond motifs is 2. The fourth-order valence-corrected chi connectivity index (χ4v) is 10.5. The predicted octanol–water partition coefficient (Wildman–Crippen LogP) is 5.76. The van der Waals surface area contributed by atoms with Crippen LogP contribution in [-0.4, -0.2) is 104 Å². The first-order valence-electron chi connectivity index (χ1n) is 19.5. The summed E-state index contributed by atoms with van der Waals surface area (Å²) in [4.78, 5) is 2.28. The average Bonchev–Trinajstić information content (AvgIpc) is 3.71. The summed E-state index contributed by atoms with van der Waals surface area (Å²) < 4.78 is 138. The quantitative estimate of drug-likeness (QED) is 0.0217. The summed E-state index contributed by atoms with van der Waals surface area (Å²) in [7, 11) is -17.2. The third-order valence-electron chi connectivity index (χ3n) is 11.1. The highest BCUT2D eigenvalue weighted by atomic mass is 32.2. The van der Waals surface area contributed by atoms with Crippen LogP contribution in [0.25, 0.3) is 0 Å². The lowest BCUT2D eigenvalue weighted by Gasteiger charge is -2.27. The molecule has 0 spiro atoms. The van der Waals surface area contributed by atoms with E-state index in [1.54, 1.807) is 12.1 Å². The van der Waals surface area contributed by atoms with Crippen LogP contribution in [0.3, 0.4) is 0 Å². The van der Waals surface area contributed by atoms with Gasteiger partial charge in [-0.3, -0.25) is 18.2 Å². The lowest BCUT2D eigenvalue weighted by Crippen LogP contribution is -2.28. The van der Waals surface area contributed by atoms with Gasteiger partial charge in [-0.2, -0.15) is 38.2 Å². The zero-order valence-corrected chi connectivity index (χ0v) is 38.6. The Morgan fingerprint density at radius 3 is 2.06 bits per heavy atom. The van der Waals surface area contributed by atoms with Crippen LogP contribution in [0.1, 0.15) is 77.3 Å². The van der Waals surface area contributed by atoms with Crippen molar-refractivity contribution >= 4 is 69.6 Å². The molecule has 2 aromatic carbocycles. The van der Waals surface area contributed by atoms with Crippen LogP contribution in [-0.2, 0) is 60.7 Å². The third-order valence-corrected chi connectivity index (χ3v) is 14.9. The molecule has 342 valence electrons. The van der Waals surface area contributed by atoms with Gasteiger partial charge in [-0.05, 0) is 99.1 Å². The van der Waals surface area contributed by atoms with Crippen molar-refractivity contribution in [1.29, 1.82) is 0 Å². The molecule has 0 unspecified atom stereocenters. The molecular formula is C39H52N3O15S5+. The molecule has 0 saturated heterocycles. The molecule has 62 heavy (non-hydrogen) atoms. The van der Waals surface area contributed by atoms with Crippen LogP contribution >= 0.6 is 12.0 Å². The molecule has 0 amide bonds. The zero-order valence-electron chi connectivity index (χ0n) is 34.5. The van der Waals surface area contributed by atoms with Gasteiger partial charge in [0.1, 0.15) is 6.54 Å². The van der Waals surface area contributed by atoms with Gasteiger partial charge < -0.3 is 10.2 Å². The Morgan fingerprint density at radius 1 is 0.774 bits per heavy atom. The van der Waals surface area contributed by atoms with E-state index in [2.05, 4.69) is 19.3 Å². The molecule has 18 nitrogen and oxygen atoms in total. The maximum absolute atomic E-state index is 12.1. The summed E-state index contributed by atoms with van der Waals surface area (Å²) in [5, 5.41) is 15.7. The molecule has 0 bridgehead atoms. The van der Waals surface area contributed by atoms with E-state index in [1.165, 1.54) is 12.1 Å². The fraction of sp³-hybridized carbons (Fsp3) is 0.462. The second kappa shape index (κ2) is 19.3. The summed E-state index contributed by atoms with van der Waals surface area (Å²) in [6.45, 7) is 8.39. The highest BCUT2D eigenvalue weighted by Gasteiger charge is 2.45. The molecule has 5 rings (SSSR count). The molecule has 3 aliphatic rings. The van der Waals surface area contributed by atoms with Crippen LogP contribution in [0.15, 0.2) is 93.0 Å². The number of unbranched alkanes of at least 4 members (excludes halogenated alkanes) is 2. The number of anilines is 1. The largest absolute Gasteiger partial charge is 0.383 e. The van der Waals surface area contributed by atoms with E-state index < -0.39 is 68.6 Å². The van der Waals surface area contributed by atoms with E-state index >= 15 is 0 Å². The number of hydrogen-bond donors (Lipinski definition) is 6. The molecule has 2 aliphatic heterocycles. The average molecular weight is 963 g/mol. The molecule has 1 aliphatic carbocycles. The monoisotopic (exact) mass is 962 g/mol. The first-order chi connectivity index (χ1) is 28.7. The van der Waals surface area contributed by atoms with E-state index in [9.17, 15) is 51.9 Å². The third kappa shape index (κ3) is 12.4. The number of nitrogens with one attached hydrogen (secondary N) is 1. The van der Waals surface area contributed by atoms with Crippen LogP contribution in [0.2, 0.25) is 0 Å². The molecule has 0 aromatic heterocycles. The van der Waals surface area contributed by atoms with E-state index in [-0.39, 0.29) is 24.3 Å². The second-order valence-corrected chi connectivity index (χ2v) is 23.1. The number of allylic oxidation sites excluding steroid dienone is 7. The van der Waals surface area contributed by atoms with Crippen LogP contribution < -0.4 is 10.2 Å². The Bertz CT molecular complexity index is 2670. The van der Waals surface area contributed by atoms with Gasteiger partial charge in [0.2, 0.25) is 5.69 Å². The van der Waals surface area contributed by atoms with Crippen molar-refractivity contribution in [1.82, 2.24) is 5.32 Å². The summed E-state index contributed by atoms with van der Waals surface area (Å²) in [6, 6.07) is 9.80. The van der Waals surface area contributed by atoms with Gasteiger partial charge in [0.25, 0.3) is 40.5 Å². The summed E-state index contributed by atoms with van der Waals surface area (Å²) in [5.41, 5.74) is 5.37. The van der Waals surface area contributed by atoms with Crippen molar-refractivity contribution in [3.63, 3.8) is 0 Å². The Labute approximate surface area is 367 Å². The Morgan fingerprint density at radius 2 is 1.44 bits per heavy atom. The minimum Gasteiger partial charge on any atom is -0.383 e. The Balaban J connectivity index is 1.57. The molecule has 0 fully saturated rings. The van der Waals surface area contributed by atoms with Crippen molar-refractivity contribution in [2.45, 2.75) is 86.8 Å². The first-order valence-corrected chi connectivity index (χ1v) is 26.5. The smallest absolute Gasteiger partial charge is 0.294 e. The van der Waals surface area contributed by atoms with Crippen molar-refractivity contribution in [2.75, 3.05) is 41.8 Å². The normalized spacial score (nSPS) is 19.1. The lowest BCUT2D eigenvalue weighted by atomic mass is 9.81. The summed E-state index contributed by atoms with van der Waals surface area (Å²) >= 11 is 0.806. The maximum atomic E-state index is 12.1. The van der Waals surface area contributed by atoms with Crippen molar-refractivity contribution in [3.8, 4) is 0 Å². The highest BCUT2D eigenvalue weighted by molar-refractivity contribution is 7.94. The van der Waals surface area contributed by atoms with Gasteiger partial charge in [0, 0.05) is 64.6 Å². The van der Waals surface area contributed by atoms with E-state index in [4.69, 9.17) is 5.26 Å². The summed E-state index contributed by atoms with van der Waals surface area (Å²) in [5.74, 6) is -1.40. The maximum Gasteiger partial charge on any atom is 0.294 e. The Hall–Kier alpha value is -3.46. The SMILES string of the molecule is CC1(C)C(C=CC2=C(NCCS(=O)(=O)O)C(=C/C=C3/N(CCCCS(=O)(=O)O)c4ccc(S(=O)(=O)O)cc4C3(C)C)CC2)=[N+](CCCCS(=O)(=O)O)c2ccc(SOOO)cc21. The van der Waals surface area contributed by atoms with Crippen LogP contribution in [0.4, 0.5) is 11.4 Å². The topological polar surface area (TPSA) is 274 Å². The molecule has 0 atom stereocenters. The highest BCUT2D eigenvalue weighted by Crippen LogP contribution is 2.49. The van der Waals surface area contributed by atoms with Crippen molar-refractivity contribution in [2.24, 2.45) is 0 Å². The minimum atomic E-state index is -4.54. The minimum absolute atomic E-state index is 0.123. The molecule has 23 heteroatoms. The van der Waals surface area contributed by atoms with Crippen molar-refractivity contribution in [3.05, 3.63) is 94.4 Å². The van der Waals surface area contributed by atoms with Gasteiger partial charge in [0.05, 0.1) is 39.6 Å². The number of nitrogens with zero attached hydrogens (tertiary/aromatic N) is 2. The van der Waals surface area contributed by atoms with Gasteiger partial charge >= 0.3 is 0 Å². The molecule has 0 radical (unpaired) electrons. The summed E-state index contributed by atoms with van der Waals surface area (Å²) in [6.07, 6.45) is 9.77. The van der Waals surface area contributed by atoms with Crippen molar-refractivity contribution < 1.29 is 71.1 Å². The van der Waals surface area contributed by atoms with E-state index in [1.807, 2.05) is 69.0 Å². The molecule has 2 heterocycles. The van der Waals surface area contributed by atoms with Gasteiger partial charge in [-0.25, -0.2) is 5.26 Å².